The van der Waals surface area contributed by atoms with E-state index in [1.54, 1.807) is 0 Å². The van der Waals surface area contributed by atoms with Gasteiger partial charge in [0, 0.05) is 5.39 Å². The molecule has 1 N–H and O–H groups in total. The van der Waals surface area contributed by atoms with Crippen LogP contribution in [0.4, 0.5) is 0 Å². The molecule has 5 nitrogen and oxygen atoms in total. The number of pyridine rings is 1. The zero-order valence-corrected chi connectivity index (χ0v) is 17.0. The summed E-state index contributed by atoms with van der Waals surface area (Å²) < 4.78 is 2.04. The van der Waals surface area contributed by atoms with E-state index in [-0.39, 0.29) is 11.9 Å². The van der Waals surface area contributed by atoms with E-state index in [1.807, 2.05) is 40.8 Å². The Morgan fingerprint density at radius 2 is 1.90 bits per heavy atom. The minimum atomic E-state index is 0.0314. The topological polar surface area (TPSA) is 59.3 Å². The molecule has 1 amide bonds. The number of para-hydroxylation sites is 1. The van der Waals surface area contributed by atoms with Crippen molar-refractivity contribution >= 4 is 34.2 Å². The molecule has 0 bridgehead atoms. The molecule has 29 heavy (non-hydrogen) atoms. The predicted octanol–water partition coefficient (Wildman–Crippen LogP) is 4.55. The number of aryl methyl sites for hydroxylation is 1. The van der Waals surface area contributed by atoms with Crippen molar-refractivity contribution in [2.45, 2.75) is 31.0 Å². The van der Waals surface area contributed by atoms with E-state index < -0.39 is 0 Å². The lowest BCUT2D eigenvalue weighted by atomic mass is 10.0. The summed E-state index contributed by atoms with van der Waals surface area (Å²) >= 11 is 1.43. The first-order valence-electron chi connectivity index (χ1n) is 9.91. The molecule has 1 saturated carbocycles. The number of nitrogens with one attached hydrogen (secondary N) is 1. The normalized spacial score (nSPS) is 14.9. The first kappa shape index (κ1) is 18.2. The standard InChI is InChI=1S/C23H22N4OS/c1-15-13-20-25-26-23(27(20)19-10-6-5-9-18(15)19)29-14-21(28)24-22(17-11-12-17)16-7-3-2-4-8-16/h2-10,13,17,22H,11-12,14H2,1H3,(H,24,28). The van der Waals surface area contributed by atoms with Crippen LogP contribution in [0.1, 0.15) is 30.0 Å². The molecule has 1 aliphatic carbocycles. The molecule has 4 aromatic rings. The second-order valence-corrected chi connectivity index (χ2v) is 8.55. The van der Waals surface area contributed by atoms with E-state index >= 15 is 0 Å². The minimum absolute atomic E-state index is 0.0314. The van der Waals surface area contributed by atoms with Crippen LogP contribution in [0.3, 0.4) is 0 Å². The molecule has 5 rings (SSSR count). The van der Waals surface area contributed by atoms with Crippen molar-refractivity contribution in [1.82, 2.24) is 19.9 Å². The quantitative estimate of drug-likeness (QED) is 0.481. The molecule has 146 valence electrons. The maximum atomic E-state index is 12.7. The van der Waals surface area contributed by atoms with E-state index in [9.17, 15) is 4.79 Å². The van der Waals surface area contributed by atoms with Gasteiger partial charge in [0.25, 0.3) is 0 Å². The van der Waals surface area contributed by atoms with Crippen molar-refractivity contribution in [3.05, 3.63) is 71.8 Å². The largest absolute Gasteiger partial charge is 0.348 e. The number of hydrogen-bond acceptors (Lipinski definition) is 4. The van der Waals surface area contributed by atoms with Gasteiger partial charge < -0.3 is 5.32 Å². The Morgan fingerprint density at radius 3 is 2.69 bits per heavy atom. The smallest absolute Gasteiger partial charge is 0.230 e. The van der Waals surface area contributed by atoms with Crippen LogP contribution >= 0.6 is 11.8 Å². The fourth-order valence-corrected chi connectivity index (χ4v) is 4.64. The second-order valence-electron chi connectivity index (χ2n) is 7.60. The highest BCUT2D eigenvalue weighted by Gasteiger charge is 2.33. The van der Waals surface area contributed by atoms with Gasteiger partial charge in [-0.15, -0.1) is 10.2 Å². The molecule has 2 aromatic carbocycles. The van der Waals surface area contributed by atoms with Gasteiger partial charge in [0.15, 0.2) is 10.8 Å². The number of aromatic nitrogens is 3. The fraction of sp³-hybridized carbons (Fsp3) is 0.261. The highest BCUT2D eigenvalue weighted by atomic mass is 32.2. The number of rotatable bonds is 6. The third-order valence-electron chi connectivity index (χ3n) is 5.47. The second kappa shape index (κ2) is 7.52. The maximum absolute atomic E-state index is 12.7. The van der Waals surface area contributed by atoms with Gasteiger partial charge in [-0.1, -0.05) is 60.3 Å². The van der Waals surface area contributed by atoms with Gasteiger partial charge >= 0.3 is 0 Å². The van der Waals surface area contributed by atoms with Crippen LogP contribution < -0.4 is 5.32 Å². The number of carbonyl (C=O) groups excluding carboxylic acids is 1. The average Bonchev–Trinajstić information content (AvgIpc) is 3.51. The third-order valence-corrected chi connectivity index (χ3v) is 6.40. The van der Waals surface area contributed by atoms with Crippen molar-refractivity contribution in [3.63, 3.8) is 0 Å². The molecule has 1 unspecified atom stereocenters. The van der Waals surface area contributed by atoms with Crippen molar-refractivity contribution in [1.29, 1.82) is 0 Å². The molecule has 0 radical (unpaired) electrons. The molecule has 0 saturated heterocycles. The molecule has 1 fully saturated rings. The molecular formula is C23H22N4OS. The monoisotopic (exact) mass is 402 g/mol. The van der Waals surface area contributed by atoms with Gasteiger partial charge in [-0.25, -0.2) is 0 Å². The van der Waals surface area contributed by atoms with Crippen molar-refractivity contribution in [2.75, 3.05) is 5.75 Å². The number of nitrogens with zero attached hydrogens (tertiary/aromatic N) is 3. The Labute approximate surface area is 173 Å². The van der Waals surface area contributed by atoms with Crippen LogP contribution in [0.15, 0.2) is 65.8 Å². The lowest BCUT2D eigenvalue weighted by Crippen LogP contribution is -2.31. The lowest BCUT2D eigenvalue weighted by molar-refractivity contribution is -0.119. The van der Waals surface area contributed by atoms with Crippen LogP contribution in [-0.4, -0.2) is 26.3 Å². The van der Waals surface area contributed by atoms with Gasteiger partial charge in [0.1, 0.15) is 0 Å². The maximum Gasteiger partial charge on any atom is 0.230 e. The third kappa shape index (κ3) is 3.60. The number of hydrogen-bond donors (Lipinski definition) is 1. The van der Waals surface area contributed by atoms with Crippen LogP contribution in [0, 0.1) is 12.8 Å². The Kier molecular flexibility index (Phi) is 4.72. The number of carbonyl (C=O) groups is 1. The summed E-state index contributed by atoms with van der Waals surface area (Å²) in [4.78, 5) is 12.7. The van der Waals surface area contributed by atoms with Crippen molar-refractivity contribution in [2.24, 2.45) is 5.92 Å². The Hall–Kier alpha value is -2.86. The molecule has 0 aliphatic heterocycles. The molecule has 2 aromatic heterocycles. The summed E-state index contributed by atoms with van der Waals surface area (Å²) in [6.07, 6.45) is 2.35. The van der Waals surface area contributed by atoms with E-state index in [0.29, 0.717) is 11.7 Å². The van der Waals surface area contributed by atoms with Crippen LogP contribution in [0.5, 0.6) is 0 Å². The van der Waals surface area contributed by atoms with Crippen LogP contribution in [0.25, 0.3) is 16.6 Å². The summed E-state index contributed by atoms with van der Waals surface area (Å²) in [5.74, 6) is 0.898. The fourth-order valence-electron chi connectivity index (χ4n) is 3.88. The molecule has 1 aliphatic rings. The summed E-state index contributed by atoms with van der Waals surface area (Å²) in [5.41, 5.74) is 4.23. The zero-order valence-electron chi connectivity index (χ0n) is 16.2. The van der Waals surface area contributed by atoms with Crippen LogP contribution in [0.2, 0.25) is 0 Å². The molecule has 2 heterocycles. The van der Waals surface area contributed by atoms with Crippen molar-refractivity contribution in [3.8, 4) is 0 Å². The summed E-state index contributed by atoms with van der Waals surface area (Å²) in [7, 11) is 0. The SMILES string of the molecule is Cc1cc2nnc(SCC(=O)NC(c3ccccc3)C3CC3)n2c2ccccc12. The Bertz CT molecular complexity index is 1180. The molecule has 6 heteroatoms. The van der Waals surface area contributed by atoms with Gasteiger partial charge in [0.2, 0.25) is 5.91 Å². The zero-order chi connectivity index (χ0) is 19.8. The first-order valence-corrected chi connectivity index (χ1v) is 10.9. The number of benzene rings is 2. The van der Waals surface area contributed by atoms with E-state index in [4.69, 9.17) is 0 Å². The van der Waals surface area contributed by atoms with Gasteiger partial charge in [0.05, 0.1) is 17.3 Å². The Morgan fingerprint density at radius 1 is 1.14 bits per heavy atom. The van der Waals surface area contributed by atoms with E-state index in [0.717, 1.165) is 16.3 Å². The lowest BCUT2D eigenvalue weighted by Gasteiger charge is -2.18. The summed E-state index contributed by atoms with van der Waals surface area (Å²) in [5, 5.41) is 13.8. The summed E-state index contributed by atoms with van der Waals surface area (Å²) in [6, 6.07) is 20.6. The van der Waals surface area contributed by atoms with E-state index in [1.165, 1.54) is 41.1 Å². The highest BCUT2D eigenvalue weighted by molar-refractivity contribution is 7.99. The number of fused-ring (bicyclic) bond motifs is 3. The van der Waals surface area contributed by atoms with Gasteiger partial charge in [-0.2, -0.15) is 0 Å². The molecule has 0 spiro atoms. The highest BCUT2D eigenvalue weighted by Crippen LogP contribution is 2.41. The Balaban J connectivity index is 1.35. The van der Waals surface area contributed by atoms with Crippen LogP contribution in [-0.2, 0) is 4.79 Å². The summed E-state index contributed by atoms with van der Waals surface area (Å²) in [6.45, 7) is 2.08. The minimum Gasteiger partial charge on any atom is -0.348 e. The van der Waals surface area contributed by atoms with E-state index in [2.05, 4.69) is 46.7 Å². The van der Waals surface area contributed by atoms with Gasteiger partial charge in [-0.3, -0.25) is 9.20 Å². The van der Waals surface area contributed by atoms with Crippen molar-refractivity contribution < 1.29 is 4.79 Å². The molecular weight excluding hydrogens is 380 g/mol. The number of thioether (sulfide) groups is 1. The first-order chi connectivity index (χ1) is 14.2. The average molecular weight is 403 g/mol. The predicted molar refractivity (Wildman–Crippen MR) is 116 cm³/mol. The number of amides is 1. The van der Waals surface area contributed by atoms with Gasteiger partial charge in [-0.05, 0) is 48.9 Å². The molecule has 1 atom stereocenters.